The molecule has 2 aromatic rings. The third-order valence-corrected chi connectivity index (χ3v) is 5.09. The number of carbonyl (C=O) groups is 2. The standard InChI is InChI=1S/C22H31FN4O3/c1-5-17(2)27(22(29)24-19-9-6-8-18(23)14-19)16-21(28)26(12-13-30-4)15-20-10-7-11-25(20)3/h6-11,14,17H,5,12-13,15-16H2,1-4H3,(H,24,29)/t17-/m1/s1. The smallest absolute Gasteiger partial charge is 0.322 e. The number of amides is 3. The summed E-state index contributed by atoms with van der Waals surface area (Å²) in [6.45, 7) is 4.99. The molecule has 0 fully saturated rings. The number of aryl methyl sites for hydroxylation is 1. The van der Waals surface area contributed by atoms with Gasteiger partial charge in [0.05, 0.1) is 13.2 Å². The zero-order valence-electron chi connectivity index (χ0n) is 18.1. The van der Waals surface area contributed by atoms with Gasteiger partial charge < -0.3 is 24.4 Å². The maximum Gasteiger partial charge on any atom is 0.322 e. The zero-order valence-corrected chi connectivity index (χ0v) is 18.1. The molecule has 0 bridgehead atoms. The van der Waals surface area contributed by atoms with Crippen LogP contribution < -0.4 is 5.32 Å². The summed E-state index contributed by atoms with van der Waals surface area (Å²) in [7, 11) is 3.51. The van der Waals surface area contributed by atoms with Gasteiger partial charge in [-0.15, -0.1) is 0 Å². The van der Waals surface area contributed by atoms with E-state index in [0.717, 1.165) is 5.69 Å². The van der Waals surface area contributed by atoms with E-state index in [1.54, 1.807) is 18.1 Å². The summed E-state index contributed by atoms with van der Waals surface area (Å²) in [6, 6.07) is 8.96. The number of carbonyl (C=O) groups excluding carboxylic acids is 2. The van der Waals surface area contributed by atoms with Crippen molar-refractivity contribution in [3.63, 3.8) is 0 Å². The fourth-order valence-corrected chi connectivity index (χ4v) is 3.01. The van der Waals surface area contributed by atoms with Crippen molar-refractivity contribution in [1.82, 2.24) is 14.4 Å². The lowest BCUT2D eigenvalue weighted by molar-refractivity contribution is -0.133. The fraction of sp³-hybridized carbons (Fsp3) is 0.455. The number of urea groups is 1. The predicted octanol–water partition coefficient (Wildman–Crippen LogP) is 3.47. The van der Waals surface area contributed by atoms with Crippen LogP contribution in [0, 0.1) is 5.82 Å². The van der Waals surface area contributed by atoms with E-state index in [1.807, 2.05) is 43.8 Å². The van der Waals surface area contributed by atoms with Crippen LogP contribution in [0.5, 0.6) is 0 Å². The molecule has 1 atom stereocenters. The zero-order chi connectivity index (χ0) is 22.1. The average molecular weight is 419 g/mol. The summed E-state index contributed by atoms with van der Waals surface area (Å²) in [5, 5.41) is 2.69. The van der Waals surface area contributed by atoms with Gasteiger partial charge in [0.15, 0.2) is 0 Å². The lowest BCUT2D eigenvalue weighted by Gasteiger charge is -2.31. The predicted molar refractivity (Wildman–Crippen MR) is 115 cm³/mol. The lowest BCUT2D eigenvalue weighted by Crippen LogP contribution is -2.48. The number of nitrogens with one attached hydrogen (secondary N) is 1. The first-order valence-corrected chi connectivity index (χ1v) is 10.1. The summed E-state index contributed by atoms with van der Waals surface area (Å²) in [5.74, 6) is -0.616. The van der Waals surface area contributed by atoms with Crippen molar-refractivity contribution in [3.8, 4) is 0 Å². The summed E-state index contributed by atoms with van der Waals surface area (Å²) in [6.07, 6.45) is 2.60. The van der Waals surface area contributed by atoms with Crippen molar-refractivity contribution in [2.24, 2.45) is 7.05 Å². The summed E-state index contributed by atoms with van der Waals surface area (Å²) in [4.78, 5) is 29.1. The van der Waals surface area contributed by atoms with Crippen LogP contribution >= 0.6 is 0 Å². The highest BCUT2D eigenvalue weighted by atomic mass is 19.1. The van der Waals surface area contributed by atoms with Gasteiger partial charge in [-0.05, 0) is 43.7 Å². The van der Waals surface area contributed by atoms with Crippen LogP contribution in [0.3, 0.4) is 0 Å². The first-order valence-electron chi connectivity index (χ1n) is 10.1. The Labute approximate surface area is 177 Å². The van der Waals surface area contributed by atoms with Crippen LogP contribution in [0.15, 0.2) is 42.6 Å². The van der Waals surface area contributed by atoms with Crippen LogP contribution in [-0.2, 0) is 23.1 Å². The minimum Gasteiger partial charge on any atom is -0.383 e. The molecule has 30 heavy (non-hydrogen) atoms. The van der Waals surface area contributed by atoms with Crippen LogP contribution in [0.4, 0.5) is 14.9 Å². The van der Waals surface area contributed by atoms with E-state index < -0.39 is 11.8 Å². The first-order chi connectivity index (χ1) is 14.3. The van der Waals surface area contributed by atoms with Gasteiger partial charge in [0.1, 0.15) is 12.4 Å². The van der Waals surface area contributed by atoms with Gasteiger partial charge in [0.25, 0.3) is 0 Å². The topological polar surface area (TPSA) is 66.8 Å². The van der Waals surface area contributed by atoms with Crippen molar-refractivity contribution < 1.29 is 18.7 Å². The van der Waals surface area contributed by atoms with Crippen LogP contribution in [0.2, 0.25) is 0 Å². The van der Waals surface area contributed by atoms with Gasteiger partial charge in [-0.2, -0.15) is 0 Å². The Kier molecular flexibility index (Phi) is 8.86. The van der Waals surface area contributed by atoms with Crippen LogP contribution in [0.1, 0.15) is 26.0 Å². The summed E-state index contributed by atoms with van der Waals surface area (Å²) >= 11 is 0. The summed E-state index contributed by atoms with van der Waals surface area (Å²) < 4.78 is 20.6. The number of rotatable bonds is 10. The van der Waals surface area contributed by atoms with E-state index in [2.05, 4.69) is 5.32 Å². The van der Waals surface area contributed by atoms with Gasteiger partial charge in [-0.1, -0.05) is 13.0 Å². The molecule has 0 unspecified atom stereocenters. The quantitative estimate of drug-likeness (QED) is 0.643. The van der Waals surface area contributed by atoms with E-state index in [-0.39, 0.29) is 18.5 Å². The second-order valence-corrected chi connectivity index (χ2v) is 7.24. The third-order valence-electron chi connectivity index (χ3n) is 5.09. The molecule has 7 nitrogen and oxygen atoms in total. The Morgan fingerprint density at radius 3 is 2.63 bits per heavy atom. The maximum atomic E-state index is 13.5. The van der Waals surface area contributed by atoms with Crippen LogP contribution in [-0.4, -0.2) is 59.2 Å². The molecule has 164 valence electrons. The molecule has 0 aliphatic rings. The SMILES string of the molecule is CC[C@@H](C)N(CC(=O)N(CCOC)Cc1cccn1C)C(=O)Nc1cccc(F)c1. The van der Waals surface area contributed by atoms with Gasteiger partial charge in [0, 0.05) is 44.3 Å². The molecule has 1 aromatic carbocycles. The highest BCUT2D eigenvalue weighted by Gasteiger charge is 2.25. The number of hydrogen-bond acceptors (Lipinski definition) is 3. The number of aromatic nitrogens is 1. The average Bonchev–Trinajstić information content (AvgIpc) is 3.12. The molecule has 1 heterocycles. The minimum atomic E-state index is -0.438. The number of methoxy groups -OCH3 is 1. The molecule has 0 aliphatic heterocycles. The van der Waals surface area contributed by atoms with Crippen molar-refractivity contribution in [1.29, 1.82) is 0 Å². The first kappa shape index (κ1) is 23.4. The molecule has 0 saturated heterocycles. The highest BCUT2D eigenvalue weighted by Crippen LogP contribution is 2.14. The second kappa shape index (κ2) is 11.3. The monoisotopic (exact) mass is 418 g/mol. The van der Waals surface area contributed by atoms with Crippen molar-refractivity contribution >= 4 is 17.6 Å². The molecule has 8 heteroatoms. The largest absolute Gasteiger partial charge is 0.383 e. The van der Waals surface area contributed by atoms with Gasteiger partial charge >= 0.3 is 6.03 Å². The Balaban J connectivity index is 2.14. The molecule has 0 aliphatic carbocycles. The Morgan fingerprint density at radius 1 is 1.27 bits per heavy atom. The van der Waals surface area contributed by atoms with Crippen molar-refractivity contribution in [2.75, 3.05) is 32.1 Å². The molecule has 1 N–H and O–H groups in total. The Hall–Kier alpha value is -2.87. The van der Waals surface area contributed by atoms with E-state index in [0.29, 0.717) is 31.8 Å². The molecule has 0 spiro atoms. The third kappa shape index (κ3) is 6.59. The fourth-order valence-electron chi connectivity index (χ4n) is 3.01. The molecule has 1 aromatic heterocycles. The molecule has 3 amide bonds. The molecule has 0 radical (unpaired) electrons. The molecule has 2 rings (SSSR count). The Bertz CT molecular complexity index is 839. The summed E-state index contributed by atoms with van der Waals surface area (Å²) in [5.41, 5.74) is 1.33. The number of halogens is 1. The minimum absolute atomic E-state index is 0.0791. The van der Waals surface area contributed by atoms with Gasteiger partial charge in [-0.25, -0.2) is 9.18 Å². The van der Waals surface area contributed by atoms with Crippen LogP contribution in [0.25, 0.3) is 0 Å². The van der Waals surface area contributed by atoms with E-state index in [4.69, 9.17) is 4.74 Å². The normalized spacial score (nSPS) is 11.8. The highest BCUT2D eigenvalue weighted by molar-refractivity contribution is 5.92. The number of anilines is 1. The molecular formula is C22H31FN4O3. The number of benzene rings is 1. The van der Waals surface area contributed by atoms with E-state index >= 15 is 0 Å². The molecular weight excluding hydrogens is 387 g/mol. The number of hydrogen-bond donors (Lipinski definition) is 1. The van der Waals surface area contributed by atoms with Crippen molar-refractivity contribution in [3.05, 3.63) is 54.1 Å². The van der Waals surface area contributed by atoms with E-state index in [9.17, 15) is 14.0 Å². The molecule has 0 saturated carbocycles. The Morgan fingerprint density at radius 2 is 2.03 bits per heavy atom. The van der Waals surface area contributed by atoms with Gasteiger partial charge in [-0.3, -0.25) is 4.79 Å². The number of ether oxygens (including phenoxy) is 1. The number of nitrogens with zero attached hydrogens (tertiary/aromatic N) is 3. The second-order valence-electron chi connectivity index (χ2n) is 7.24. The maximum absolute atomic E-state index is 13.5. The van der Waals surface area contributed by atoms with E-state index in [1.165, 1.54) is 23.1 Å². The van der Waals surface area contributed by atoms with Gasteiger partial charge in [0.2, 0.25) is 5.91 Å². The lowest BCUT2D eigenvalue weighted by atomic mass is 10.2. The van der Waals surface area contributed by atoms with Crippen molar-refractivity contribution in [2.45, 2.75) is 32.9 Å².